The number of hydrazine groups is 5. The number of para-hydroxylation sites is 1. The van der Waals surface area contributed by atoms with E-state index in [4.69, 9.17) is 5.10 Å². The molecule has 0 fully saturated rings. The zero-order chi connectivity index (χ0) is 16.5. The van der Waals surface area contributed by atoms with Gasteiger partial charge in [-0.05, 0) is 29.5 Å². The summed E-state index contributed by atoms with van der Waals surface area (Å²) in [6.07, 6.45) is 0. The summed E-state index contributed by atoms with van der Waals surface area (Å²) in [5.74, 6) is 1.86. The molecule has 138 valence electrons. The molecule has 0 aromatic heterocycles. The number of nitrogens with one attached hydrogen (secondary N) is 2. The van der Waals surface area contributed by atoms with Crippen molar-refractivity contribution in [2.75, 3.05) is 12.2 Å². The molecule has 0 aliphatic carbocycles. The van der Waals surface area contributed by atoms with Crippen molar-refractivity contribution in [1.29, 1.82) is 0 Å². The number of hydrazone groups is 2. The van der Waals surface area contributed by atoms with E-state index in [-0.39, 0.29) is 34.0 Å². The van der Waals surface area contributed by atoms with Gasteiger partial charge in [0.05, 0.1) is 5.56 Å². The highest BCUT2D eigenvalue weighted by molar-refractivity contribution is 5.92. The number of nitrogens with zero attached hydrogens (tertiary/aromatic N) is 5. The number of anilines is 1. The normalized spacial score (nSPS) is 16.5. The fraction of sp³-hybridized carbons (Fsp3) is 0.125. The number of hydrogen-bond donors (Lipinski definition) is 3. The van der Waals surface area contributed by atoms with Gasteiger partial charge >= 0.3 is 0 Å². The van der Waals surface area contributed by atoms with Gasteiger partial charge in [0.25, 0.3) is 11.7 Å². The van der Waals surface area contributed by atoms with Crippen LogP contribution in [0.5, 0.6) is 0 Å². The summed E-state index contributed by atoms with van der Waals surface area (Å²) in [4.78, 5) is 0. The molecule has 0 spiro atoms. The van der Waals surface area contributed by atoms with Crippen molar-refractivity contribution >= 4 is 17.4 Å². The molecule has 2 aromatic rings. The van der Waals surface area contributed by atoms with Crippen molar-refractivity contribution in [3.63, 3.8) is 0 Å². The Morgan fingerprint density at radius 3 is 2.15 bits per heavy atom. The second-order valence-corrected chi connectivity index (χ2v) is 5.60. The van der Waals surface area contributed by atoms with E-state index in [0.29, 0.717) is 0 Å². The molecule has 0 radical (unpaired) electrons. The Morgan fingerprint density at radius 1 is 0.962 bits per heavy atom. The van der Waals surface area contributed by atoms with Crippen LogP contribution in [0.4, 0.5) is 5.69 Å². The van der Waals surface area contributed by atoms with Crippen LogP contribution in [0.2, 0.25) is 0 Å². The number of benzene rings is 2. The molecule has 0 amide bonds. The zero-order valence-corrected chi connectivity index (χ0v) is 17.5. The molecule has 4 N–H and O–H groups in total. The van der Waals surface area contributed by atoms with Gasteiger partial charge in [0.2, 0.25) is 0 Å². The first-order chi connectivity index (χ1) is 11.7. The van der Waals surface area contributed by atoms with E-state index in [1.165, 1.54) is 0 Å². The molecule has 2 aliphatic heterocycles. The van der Waals surface area contributed by atoms with Gasteiger partial charge in [-0.25, -0.2) is 0 Å². The fourth-order valence-electron chi connectivity index (χ4n) is 2.53. The van der Waals surface area contributed by atoms with Crippen molar-refractivity contribution in [1.82, 2.24) is 21.4 Å². The van der Waals surface area contributed by atoms with Gasteiger partial charge in [0.15, 0.2) is 0 Å². The second kappa shape index (κ2) is 8.49. The predicted octanol–water partition coefficient (Wildman–Crippen LogP) is -6.21. The van der Waals surface area contributed by atoms with E-state index in [1.807, 2.05) is 77.7 Å². The summed E-state index contributed by atoms with van der Waals surface area (Å²) in [6, 6.07) is 20.2. The van der Waals surface area contributed by atoms with Gasteiger partial charge in [-0.1, -0.05) is 46.6 Å². The Balaban J connectivity index is 0.00000121. The summed E-state index contributed by atoms with van der Waals surface area (Å²) in [5.41, 5.74) is 10.5. The van der Waals surface area contributed by atoms with Gasteiger partial charge in [0, 0.05) is 6.92 Å². The lowest BCUT2D eigenvalue weighted by Crippen LogP contribution is -3.00. The van der Waals surface area contributed by atoms with E-state index in [1.54, 1.807) is 10.5 Å². The summed E-state index contributed by atoms with van der Waals surface area (Å²) >= 11 is 0. The summed E-state index contributed by atoms with van der Waals surface area (Å²) in [6.45, 7) is 1.99. The van der Waals surface area contributed by atoms with E-state index < -0.39 is 0 Å². The summed E-state index contributed by atoms with van der Waals surface area (Å²) in [5, 5.41) is 10.2. The van der Waals surface area contributed by atoms with Crippen LogP contribution in [0, 0.1) is 0 Å². The van der Waals surface area contributed by atoms with Gasteiger partial charge in [0.1, 0.15) is 18.0 Å². The van der Waals surface area contributed by atoms with Crippen LogP contribution in [0.3, 0.4) is 0 Å². The maximum atomic E-state index is 4.75. The SMILES string of the molecule is CC1=[N+](C)NN(N2N=C(c3ccccc3)[NH2+]N2c2ccccc2)N1.[Br-].[Br-]. The van der Waals surface area contributed by atoms with Gasteiger partial charge in [-0.2, -0.15) is 10.9 Å². The third kappa shape index (κ3) is 3.83. The van der Waals surface area contributed by atoms with Crippen molar-refractivity contribution < 1.29 is 44.1 Å². The minimum absolute atomic E-state index is 0. The largest absolute Gasteiger partial charge is 1.00 e. The standard InChI is InChI=1S/C16H18N8.2BrH/c1-13-17-23(20-21(13)2)24-19-16(14-9-5-3-6-10-14)18-22(24)15-11-7-4-8-12-15;;/h3-12,20H,1-2H3,(H,18,19);2*1H. The number of quaternary nitrogens is 1. The first-order valence-electron chi connectivity index (χ1n) is 7.76. The lowest BCUT2D eigenvalue weighted by Gasteiger charge is -2.25. The predicted molar refractivity (Wildman–Crippen MR) is 90.6 cm³/mol. The molecule has 26 heavy (non-hydrogen) atoms. The van der Waals surface area contributed by atoms with Crippen LogP contribution >= 0.6 is 0 Å². The number of hydrogen-bond acceptors (Lipinski definition) is 6. The number of nitrogens with two attached hydrogens (primary N) is 1. The molecule has 0 saturated heterocycles. The Kier molecular flexibility index (Phi) is 6.59. The smallest absolute Gasteiger partial charge is 0.287 e. The molecule has 2 heterocycles. The maximum Gasteiger partial charge on any atom is 0.287 e. The van der Waals surface area contributed by atoms with E-state index >= 15 is 0 Å². The minimum Gasteiger partial charge on any atom is -1.00 e. The van der Waals surface area contributed by atoms with Crippen molar-refractivity contribution in [2.45, 2.75) is 6.92 Å². The molecule has 0 unspecified atom stereocenters. The average molecular weight is 484 g/mol. The molecule has 4 rings (SSSR count). The van der Waals surface area contributed by atoms with Crippen LogP contribution in [-0.2, 0) is 0 Å². The third-order valence-electron chi connectivity index (χ3n) is 3.92. The summed E-state index contributed by atoms with van der Waals surface area (Å²) < 4.78 is 1.89. The van der Waals surface area contributed by atoms with Crippen molar-refractivity contribution in [3.8, 4) is 0 Å². The highest BCUT2D eigenvalue weighted by Gasteiger charge is 2.40. The Hall–Kier alpha value is -2.14. The Morgan fingerprint density at radius 2 is 1.58 bits per heavy atom. The average Bonchev–Trinajstić information content (AvgIpc) is 3.21. The Bertz CT molecular complexity index is 782. The van der Waals surface area contributed by atoms with Gasteiger partial charge in [-0.15, -0.1) is 10.2 Å². The topological polar surface area (TPSA) is 65.8 Å². The highest BCUT2D eigenvalue weighted by Crippen LogP contribution is 2.16. The van der Waals surface area contributed by atoms with Crippen LogP contribution in [0.1, 0.15) is 12.5 Å². The molecule has 0 saturated carbocycles. The van der Waals surface area contributed by atoms with Crippen LogP contribution in [-0.4, -0.2) is 33.9 Å². The van der Waals surface area contributed by atoms with Crippen molar-refractivity contribution in [3.05, 3.63) is 66.2 Å². The first kappa shape index (κ1) is 20.2. The lowest BCUT2D eigenvalue weighted by molar-refractivity contribution is -0.612. The molecule has 0 bridgehead atoms. The molecule has 0 atom stereocenters. The molecule has 8 nitrogen and oxygen atoms in total. The number of halogens is 2. The Labute approximate surface area is 173 Å². The van der Waals surface area contributed by atoms with Gasteiger partial charge < -0.3 is 34.0 Å². The third-order valence-corrected chi connectivity index (χ3v) is 3.92. The second-order valence-electron chi connectivity index (χ2n) is 5.60. The van der Waals surface area contributed by atoms with E-state index in [2.05, 4.69) is 23.1 Å². The van der Waals surface area contributed by atoms with Crippen LogP contribution in [0.25, 0.3) is 0 Å². The molecule has 10 heteroatoms. The molecular formula is C16H20Br2N8. The minimum atomic E-state index is 0. The van der Waals surface area contributed by atoms with Crippen LogP contribution in [0.15, 0.2) is 65.8 Å². The number of rotatable bonds is 3. The lowest BCUT2D eigenvalue weighted by atomic mass is 10.2. The maximum absolute atomic E-state index is 4.75. The zero-order valence-electron chi connectivity index (χ0n) is 14.3. The van der Waals surface area contributed by atoms with E-state index in [9.17, 15) is 0 Å². The monoisotopic (exact) mass is 482 g/mol. The quantitative estimate of drug-likeness (QED) is 0.299. The highest BCUT2D eigenvalue weighted by atomic mass is 79.9. The van der Waals surface area contributed by atoms with E-state index in [0.717, 1.165) is 22.9 Å². The number of amidine groups is 2. The first-order valence-corrected chi connectivity index (χ1v) is 7.76. The fourth-order valence-corrected chi connectivity index (χ4v) is 2.53. The molecule has 2 aromatic carbocycles. The molecule has 2 aliphatic rings. The molecular weight excluding hydrogens is 464 g/mol. The summed E-state index contributed by atoms with van der Waals surface area (Å²) in [7, 11) is 1.94. The van der Waals surface area contributed by atoms with Crippen LogP contribution < -0.4 is 55.5 Å². The van der Waals surface area contributed by atoms with Crippen molar-refractivity contribution in [2.24, 2.45) is 5.10 Å². The van der Waals surface area contributed by atoms with Gasteiger partial charge in [-0.3, -0.25) is 0 Å².